The first-order valence-corrected chi connectivity index (χ1v) is 5.52. The van der Waals surface area contributed by atoms with Crippen molar-refractivity contribution in [2.24, 2.45) is 0 Å². The first kappa shape index (κ1) is 8.42. The zero-order chi connectivity index (χ0) is 9.54. The Hall–Kier alpha value is -0.890. The second kappa shape index (κ2) is 3.06. The third-order valence-electron chi connectivity index (χ3n) is 3.16. The maximum atomic E-state index is 6.01. The molecular formula is C11H13ClN2. The Kier molecular flexibility index (Phi) is 1.84. The molecule has 0 spiro atoms. The lowest BCUT2D eigenvalue weighted by Gasteiger charge is -2.28. The molecule has 2 nitrogen and oxygen atoms in total. The Labute approximate surface area is 88.9 Å². The Morgan fingerprint density at radius 1 is 1.29 bits per heavy atom. The van der Waals surface area contributed by atoms with Gasteiger partial charge in [0.1, 0.15) is 0 Å². The molecule has 1 fully saturated rings. The molecule has 3 aliphatic rings. The molecule has 1 N–H and O–H groups in total. The topological polar surface area (TPSA) is 15.3 Å². The van der Waals surface area contributed by atoms with Gasteiger partial charge in [-0.05, 0) is 31.0 Å². The SMILES string of the molecule is Clc1ccc2c(c1)N1CCC(CC1)N2. The molecule has 1 saturated heterocycles. The van der Waals surface area contributed by atoms with Crippen LogP contribution in [0, 0.1) is 0 Å². The van der Waals surface area contributed by atoms with Crippen LogP contribution in [-0.2, 0) is 0 Å². The van der Waals surface area contributed by atoms with Gasteiger partial charge in [-0.1, -0.05) is 11.6 Å². The fourth-order valence-electron chi connectivity index (χ4n) is 2.37. The van der Waals surface area contributed by atoms with Crippen LogP contribution >= 0.6 is 11.6 Å². The molecule has 0 atom stereocenters. The van der Waals surface area contributed by atoms with E-state index in [1.54, 1.807) is 0 Å². The summed E-state index contributed by atoms with van der Waals surface area (Å²) in [5.41, 5.74) is 2.52. The van der Waals surface area contributed by atoms with Gasteiger partial charge in [-0.15, -0.1) is 0 Å². The number of benzene rings is 1. The number of hydrogen-bond acceptors (Lipinski definition) is 2. The van der Waals surface area contributed by atoms with Crippen LogP contribution in [0.2, 0.25) is 5.02 Å². The smallest absolute Gasteiger partial charge is 0.0617 e. The molecule has 3 heteroatoms. The minimum absolute atomic E-state index is 0.661. The first-order valence-electron chi connectivity index (χ1n) is 5.14. The molecule has 2 bridgehead atoms. The molecule has 0 radical (unpaired) electrons. The zero-order valence-corrected chi connectivity index (χ0v) is 8.72. The number of halogens is 1. The summed E-state index contributed by atoms with van der Waals surface area (Å²) in [6.07, 6.45) is 2.48. The van der Waals surface area contributed by atoms with Gasteiger partial charge in [0.05, 0.1) is 11.4 Å². The van der Waals surface area contributed by atoms with Gasteiger partial charge in [-0.3, -0.25) is 0 Å². The van der Waals surface area contributed by atoms with E-state index in [1.165, 1.54) is 24.2 Å². The highest BCUT2D eigenvalue weighted by Crippen LogP contribution is 2.35. The van der Waals surface area contributed by atoms with Crippen LogP contribution in [0.15, 0.2) is 18.2 Å². The van der Waals surface area contributed by atoms with Crippen molar-refractivity contribution in [3.05, 3.63) is 23.2 Å². The van der Waals surface area contributed by atoms with Crippen molar-refractivity contribution < 1.29 is 0 Å². The largest absolute Gasteiger partial charge is 0.381 e. The summed E-state index contributed by atoms with van der Waals surface area (Å²) in [6.45, 7) is 2.32. The van der Waals surface area contributed by atoms with E-state index in [0.717, 1.165) is 18.1 Å². The highest BCUT2D eigenvalue weighted by atomic mass is 35.5. The molecular weight excluding hydrogens is 196 g/mol. The van der Waals surface area contributed by atoms with Crippen molar-refractivity contribution in [3.8, 4) is 0 Å². The monoisotopic (exact) mass is 208 g/mol. The fraction of sp³-hybridized carbons (Fsp3) is 0.455. The van der Waals surface area contributed by atoms with Gasteiger partial charge in [0.15, 0.2) is 0 Å². The minimum atomic E-state index is 0.661. The molecule has 0 aliphatic carbocycles. The molecule has 1 aromatic rings. The number of nitrogens with zero attached hydrogens (tertiary/aromatic N) is 1. The highest BCUT2D eigenvalue weighted by molar-refractivity contribution is 6.31. The molecule has 0 saturated carbocycles. The summed E-state index contributed by atoms with van der Waals surface area (Å²) in [7, 11) is 0. The van der Waals surface area contributed by atoms with Gasteiger partial charge >= 0.3 is 0 Å². The number of fused-ring (bicyclic) bond motifs is 2. The number of hydrogen-bond donors (Lipinski definition) is 1. The number of piperidine rings is 1. The fourth-order valence-corrected chi connectivity index (χ4v) is 2.54. The van der Waals surface area contributed by atoms with Crippen LogP contribution in [-0.4, -0.2) is 19.1 Å². The molecule has 4 rings (SSSR count). The lowest BCUT2D eigenvalue weighted by atomic mass is 10.1. The van der Waals surface area contributed by atoms with Crippen molar-refractivity contribution >= 4 is 23.0 Å². The van der Waals surface area contributed by atoms with Gasteiger partial charge in [-0.25, -0.2) is 0 Å². The normalized spacial score (nSPS) is 20.2. The Morgan fingerprint density at radius 3 is 2.86 bits per heavy atom. The van der Waals surface area contributed by atoms with Crippen LogP contribution in [0.3, 0.4) is 0 Å². The van der Waals surface area contributed by atoms with E-state index in [-0.39, 0.29) is 0 Å². The summed E-state index contributed by atoms with van der Waals surface area (Å²) in [4.78, 5) is 2.43. The summed E-state index contributed by atoms with van der Waals surface area (Å²) < 4.78 is 0. The van der Waals surface area contributed by atoms with Gasteiger partial charge in [-0.2, -0.15) is 0 Å². The second-order valence-electron chi connectivity index (χ2n) is 4.07. The minimum Gasteiger partial charge on any atom is -0.381 e. The zero-order valence-electron chi connectivity index (χ0n) is 7.96. The molecule has 0 unspecified atom stereocenters. The van der Waals surface area contributed by atoms with Crippen molar-refractivity contribution in [1.82, 2.24) is 0 Å². The van der Waals surface area contributed by atoms with E-state index < -0.39 is 0 Å². The number of rotatable bonds is 0. The van der Waals surface area contributed by atoms with Gasteiger partial charge in [0.2, 0.25) is 0 Å². The van der Waals surface area contributed by atoms with Crippen LogP contribution in [0.4, 0.5) is 11.4 Å². The lowest BCUT2D eigenvalue weighted by Crippen LogP contribution is -2.35. The number of anilines is 2. The van der Waals surface area contributed by atoms with E-state index >= 15 is 0 Å². The van der Waals surface area contributed by atoms with Gasteiger partial charge < -0.3 is 10.2 Å². The third-order valence-corrected chi connectivity index (χ3v) is 3.39. The average molecular weight is 209 g/mol. The van der Waals surface area contributed by atoms with E-state index in [4.69, 9.17) is 11.6 Å². The third kappa shape index (κ3) is 1.25. The summed E-state index contributed by atoms with van der Waals surface area (Å²) in [5, 5.41) is 4.41. The number of nitrogens with one attached hydrogen (secondary N) is 1. The Bertz CT molecular complexity index is 356. The van der Waals surface area contributed by atoms with Crippen LogP contribution in [0.5, 0.6) is 0 Å². The standard InChI is InChI=1S/C11H13ClN2/c12-8-1-2-10-11(7-8)14-5-3-9(13-10)4-6-14/h1-2,7,9,13H,3-6H2. The molecule has 3 aliphatic heterocycles. The molecule has 1 aromatic carbocycles. The quantitative estimate of drug-likeness (QED) is 0.706. The van der Waals surface area contributed by atoms with Crippen molar-refractivity contribution in [1.29, 1.82) is 0 Å². The van der Waals surface area contributed by atoms with Gasteiger partial charge in [0, 0.05) is 24.2 Å². The van der Waals surface area contributed by atoms with E-state index in [1.807, 2.05) is 6.07 Å². The van der Waals surface area contributed by atoms with Crippen LogP contribution < -0.4 is 10.2 Å². The van der Waals surface area contributed by atoms with Crippen molar-refractivity contribution in [2.75, 3.05) is 23.3 Å². The average Bonchev–Trinajstić information content (AvgIpc) is 2.47. The van der Waals surface area contributed by atoms with Gasteiger partial charge in [0.25, 0.3) is 0 Å². The molecule has 14 heavy (non-hydrogen) atoms. The Morgan fingerprint density at radius 2 is 2.07 bits per heavy atom. The van der Waals surface area contributed by atoms with E-state index in [9.17, 15) is 0 Å². The molecule has 0 aromatic heterocycles. The predicted molar refractivity (Wildman–Crippen MR) is 60.3 cm³/mol. The van der Waals surface area contributed by atoms with Crippen molar-refractivity contribution in [3.63, 3.8) is 0 Å². The van der Waals surface area contributed by atoms with E-state index in [2.05, 4.69) is 22.3 Å². The highest BCUT2D eigenvalue weighted by Gasteiger charge is 2.25. The summed E-state index contributed by atoms with van der Waals surface area (Å²) in [6, 6.07) is 6.78. The van der Waals surface area contributed by atoms with Crippen molar-refractivity contribution in [2.45, 2.75) is 18.9 Å². The van der Waals surface area contributed by atoms with Crippen LogP contribution in [0.25, 0.3) is 0 Å². The molecule has 3 heterocycles. The maximum absolute atomic E-state index is 6.01. The second-order valence-corrected chi connectivity index (χ2v) is 4.50. The summed E-state index contributed by atoms with van der Waals surface area (Å²) >= 11 is 6.01. The molecule has 74 valence electrons. The molecule has 0 amide bonds. The predicted octanol–water partition coefficient (Wildman–Crippen LogP) is 2.73. The first-order chi connectivity index (χ1) is 6.83. The van der Waals surface area contributed by atoms with Crippen LogP contribution in [0.1, 0.15) is 12.8 Å². The Balaban J connectivity index is 2.11. The lowest BCUT2D eigenvalue weighted by molar-refractivity contribution is 0.540. The van der Waals surface area contributed by atoms with E-state index in [0.29, 0.717) is 6.04 Å². The summed E-state index contributed by atoms with van der Waals surface area (Å²) in [5.74, 6) is 0. The maximum Gasteiger partial charge on any atom is 0.0617 e.